The molecule has 1 heterocycles. The Morgan fingerprint density at radius 1 is 1.15 bits per heavy atom. The molecule has 0 bridgehead atoms. The number of rotatable bonds is 4. The van der Waals surface area contributed by atoms with Gasteiger partial charge in [0, 0.05) is 22.0 Å². The molecule has 3 nitrogen and oxygen atoms in total. The summed E-state index contributed by atoms with van der Waals surface area (Å²) in [6, 6.07) is 11.1. The van der Waals surface area contributed by atoms with E-state index < -0.39 is 5.97 Å². The van der Waals surface area contributed by atoms with E-state index in [1.165, 1.54) is 9.75 Å². The van der Waals surface area contributed by atoms with Gasteiger partial charge in [0.25, 0.3) is 0 Å². The van der Waals surface area contributed by atoms with Crippen LogP contribution in [0.3, 0.4) is 0 Å². The molecule has 0 atom stereocenters. The standard InChI is InChI=1S/C16H19NO2S/c1-16(2,3)14-9-8-13(20-14)10-17-12-6-4-11(5-7-12)15(18)19/h4-9,17H,10H2,1-3H3,(H,18,19). The van der Waals surface area contributed by atoms with E-state index in [1.807, 2.05) is 11.3 Å². The quantitative estimate of drug-likeness (QED) is 0.879. The minimum atomic E-state index is -0.898. The molecule has 0 fully saturated rings. The molecule has 0 aliphatic rings. The highest BCUT2D eigenvalue weighted by molar-refractivity contribution is 7.12. The number of thiophene rings is 1. The SMILES string of the molecule is CC(C)(C)c1ccc(CNc2ccc(C(=O)O)cc2)s1. The van der Waals surface area contributed by atoms with Gasteiger partial charge in [0.2, 0.25) is 0 Å². The average molecular weight is 289 g/mol. The zero-order chi connectivity index (χ0) is 14.8. The van der Waals surface area contributed by atoms with Gasteiger partial charge in [-0.3, -0.25) is 0 Å². The van der Waals surface area contributed by atoms with Crippen molar-refractivity contribution < 1.29 is 9.90 Å². The van der Waals surface area contributed by atoms with Crippen LogP contribution >= 0.6 is 11.3 Å². The zero-order valence-electron chi connectivity index (χ0n) is 11.9. The second-order valence-corrected chi connectivity index (χ2v) is 6.92. The van der Waals surface area contributed by atoms with Gasteiger partial charge in [-0.1, -0.05) is 20.8 Å². The monoisotopic (exact) mass is 289 g/mol. The molecule has 0 spiro atoms. The van der Waals surface area contributed by atoms with E-state index >= 15 is 0 Å². The molecular weight excluding hydrogens is 270 g/mol. The van der Waals surface area contributed by atoms with Gasteiger partial charge in [0.15, 0.2) is 0 Å². The van der Waals surface area contributed by atoms with Gasteiger partial charge in [0.05, 0.1) is 5.56 Å². The molecule has 106 valence electrons. The van der Waals surface area contributed by atoms with Gasteiger partial charge < -0.3 is 10.4 Å². The highest BCUT2D eigenvalue weighted by Crippen LogP contribution is 2.29. The van der Waals surface area contributed by atoms with E-state index in [2.05, 4.69) is 38.2 Å². The Kier molecular flexibility index (Phi) is 4.14. The summed E-state index contributed by atoms with van der Waals surface area (Å²) in [4.78, 5) is 13.4. The van der Waals surface area contributed by atoms with E-state index in [-0.39, 0.29) is 5.41 Å². The first-order chi connectivity index (χ1) is 9.36. The Balaban J connectivity index is 1.98. The van der Waals surface area contributed by atoms with Crippen molar-refractivity contribution in [1.82, 2.24) is 0 Å². The van der Waals surface area contributed by atoms with Crippen LogP contribution in [0.2, 0.25) is 0 Å². The highest BCUT2D eigenvalue weighted by atomic mass is 32.1. The lowest BCUT2D eigenvalue weighted by Gasteiger charge is -2.15. The van der Waals surface area contributed by atoms with Crippen molar-refractivity contribution in [3.8, 4) is 0 Å². The molecule has 0 saturated heterocycles. The molecule has 4 heteroatoms. The predicted molar refractivity (Wildman–Crippen MR) is 83.7 cm³/mol. The number of carboxylic acids is 1. The summed E-state index contributed by atoms with van der Waals surface area (Å²) in [5.41, 5.74) is 1.42. The van der Waals surface area contributed by atoms with Crippen molar-refractivity contribution in [3.63, 3.8) is 0 Å². The molecule has 0 aliphatic carbocycles. The fraction of sp³-hybridized carbons (Fsp3) is 0.312. The minimum absolute atomic E-state index is 0.187. The van der Waals surface area contributed by atoms with Crippen molar-refractivity contribution in [2.45, 2.75) is 32.7 Å². The molecular formula is C16H19NO2S. The number of nitrogens with one attached hydrogen (secondary N) is 1. The molecule has 0 unspecified atom stereocenters. The molecule has 2 N–H and O–H groups in total. The van der Waals surface area contributed by atoms with Crippen LogP contribution in [0, 0.1) is 0 Å². The number of hydrogen-bond donors (Lipinski definition) is 2. The first-order valence-corrected chi connectivity index (χ1v) is 7.34. The van der Waals surface area contributed by atoms with Crippen LogP contribution in [0.25, 0.3) is 0 Å². The molecule has 2 rings (SSSR count). The van der Waals surface area contributed by atoms with Crippen LogP contribution < -0.4 is 5.32 Å². The predicted octanol–water partition coefficient (Wildman–Crippen LogP) is 4.36. The van der Waals surface area contributed by atoms with Crippen LogP contribution in [0.1, 0.15) is 40.9 Å². The van der Waals surface area contributed by atoms with Crippen molar-refractivity contribution in [2.75, 3.05) is 5.32 Å². The maximum atomic E-state index is 10.8. The van der Waals surface area contributed by atoms with Crippen LogP contribution in [0.4, 0.5) is 5.69 Å². The van der Waals surface area contributed by atoms with Gasteiger partial charge in [-0.05, 0) is 41.8 Å². The van der Waals surface area contributed by atoms with E-state index in [9.17, 15) is 4.79 Å². The molecule has 1 aromatic carbocycles. The van der Waals surface area contributed by atoms with Gasteiger partial charge in [0.1, 0.15) is 0 Å². The number of anilines is 1. The molecule has 0 aliphatic heterocycles. The molecule has 0 radical (unpaired) electrons. The van der Waals surface area contributed by atoms with Crippen molar-refractivity contribution in [2.24, 2.45) is 0 Å². The largest absolute Gasteiger partial charge is 0.478 e. The second kappa shape index (κ2) is 5.67. The minimum Gasteiger partial charge on any atom is -0.478 e. The summed E-state index contributed by atoms with van der Waals surface area (Å²) in [5.74, 6) is -0.898. The lowest BCUT2D eigenvalue weighted by atomic mass is 9.95. The van der Waals surface area contributed by atoms with E-state index in [4.69, 9.17) is 5.11 Å². The zero-order valence-corrected chi connectivity index (χ0v) is 12.8. The Hall–Kier alpha value is -1.81. The summed E-state index contributed by atoms with van der Waals surface area (Å²) in [7, 11) is 0. The average Bonchev–Trinajstić information content (AvgIpc) is 2.85. The molecule has 0 amide bonds. The third-order valence-corrected chi connectivity index (χ3v) is 4.51. The van der Waals surface area contributed by atoms with Gasteiger partial charge in [-0.2, -0.15) is 0 Å². The highest BCUT2D eigenvalue weighted by Gasteiger charge is 2.15. The van der Waals surface area contributed by atoms with Crippen molar-refractivity contribution >= 4 is 23.0 Å². The van der Waals surface area contributed by atoms with Gasteiger partial charge in [-0.25, -0.2) is 4.79 Å². The number of benzene rings is 1. The first kappa shape index (κ1) is 14.6. The van der Waals surface area contributed by atoms with Crippen LogP contribution in [-0.2, 0) is 12.0 Å². The van der Waals surface area contributed by atoms with Gasteiger partial charge in [-0.15, -0.1) is 11.3 Å². The van der Waals surface area contributed by atoms with E-state index in [1.54, 1.807) is 24.3 Å². The Labute approximate surface area is 123 Å². The summed E-state index contributed by atoms with van der Waals surface area (Å²) in [6.07, 6.45) is 0. The lowest BCUT2D eigenvalue weighted by Crippen LogP contribution is -2.07. The summed E-state index contributed by atoms with van der Waals surface area (Å²) in [5, 5.41) is 12.2. The van der Waals surface area contributed by atoms with Crippen molar-refractivity contribution in [1.29, 1.82) is 0 Å². The Bertz CT molecular complexity index is 594. The first-order valence-electron chi connectivity index (χ1n) is 6.53. The van der Waals surface area contributed by atoms with Crippen LogP contribution in [0.15, 0.2) is 36.4 Å². The fourth-order valence-corrected chi connectivity index (χ4v) is 2.80. The Morgan fingerprint density at radius 3 is 2.30 bits per heavy atom. The molecule has 20 heavy (non-hydrogen) atoms. The smallest absolute Gasteiger partial charge is 0.335 e. The molecule has 0 saturated carbocycles. The Morgan fingerprint density at radius 2 is 1.80 bits per heavy atom. The van der Waals surface area contributed by atoms with Gasteiger partial charge >= 0.3 is 5.97 Å². The maximum Gasteiger partial charge on any atom is 0.335 e. The summed E-state index contributed by atoms with van der Waals surface area (Å²) < 4.78 is 0. The van der Waals surface area contributed by atoms with E-state index in [0.717, 1.165) is 12.2 Å². The lowest BCUT2D eigenvalue weighted by molar-refractivity contribution is 0.0697. The number of carboxylic acid groups (broad SMARTS) is 1. The third kappa shape index (κ3) is 3.61. The normalized spacial score (nSPS) is 11.3. The number of carbonyl (C=O) groups is 1. The maximum absolute atomic E-state index is 10.8. The molecule has 2 aromatic rings. The summed E-state index contributed by atoms with van der Waals surface area (Å²) in [6.45, 7) is 7.38. The van der Waals surface area contributed by atoms with E-state index in [0.29, 0.717) is 5.56 Å². The third-order valence-electron chi connectivity index (χ3n) is 3.00. The summed E-state index contributed by atoms with van der Waals surface area (Å²) >= 11 is 1.81. The number of aromatic carboxylic acids is 1. The van der Waals surface area contributed by atoms with Crippen molar-refractivity contribution in [3.05, 3.63) is 51.7 Å². The number of hydrogen-bond acceptors (Lipinski definition) is 3. The topological polar surface area (TPSA) is 49.3 Å². The molecule has 1 aromatic heterocycles. The van der Waals surface area contributed by atoms with Crippen LogP contribution in [-0.4, -0.2) is 11.1 Å². The second-order valence-electron chi connectivity index (χ2n) is 5.75. The van der Waals surface area contributed by atoms with Crippen LogP contribution in [0.5, 0.6) is 0 Å². The fourth-order valence-electron chi connectivity index (χ4n) is 1.80.